The molecule has 0 aromatic heterocycles. The zero-order chi connectivity index (χ0) is 21.4. The summed E-state index contributed by atoms with van der Waals surface area (Å²) in [5.41, 5.74) is 0.211. The third-order valence-corrected chi connectivity index (χ3v) is 4.30. The Morgan fingerprint density at radius 2 is 1.86 bits per heavy atom. The molecule has 1 unspecified atom stereocenters. The second-order valence-electron chi connectivity index (χ2n) is 7.94. The van der Waals surface area contributed by atoms with E-state index in [1.54, 1.807) is 32.9 Å². The van der Waals surface area contributed by atoms with Crippen LogP contribution in [0.15, 0.2) is 36.4 Å². The topological polar surface area (TPSA) is 90.9 Å². The summed E-state index contributed by atoms with van der Waals surface area (Å²) in [7, 11) is 1.28. The van der Waals surface area contributed by atoms with E-state index in [0.717, 1.165) is 5.56 Å². The van der Waals surface area contributed by atoms with Crippen molar-refractivity contribution in [3.05, 3.63) is 42.0 Å². The lowest BCUT2D eigenvalue weighted by Gasteiger charge is -2.23. The Balaban J connectivity index is 2.22. The standard InChI is InChI=1S/C22H29NO6/c1-22(2,3)29-19(24)14-16-7-5-6-12-28-17-10-8-15(9-11-17)13-18(21(26)27-4)23-20(16)25/h5-6,8-11,16,18H,7,12-14H2,1-4H3,(H,23,25)/b6-5+/t16?,18-/m1/s1. The van der Waals surface area contributed by atoms with Crippen LogP contribution < -0.4 is 10.1 Å². The van der Waals surface area contributed by atoms with Crippen LogP contribution in [0.3, 0.4) is 0 Å². The zero-order valence-electron chi connectivity index (χ0n) is 17.4. The number of ether oxygens (including phenoxy) is 3. The Morgan fingerprint density at radius 1 is 1.17 bits per heavy atom. The molecule has 0 radical (unpaired) electrons. The van der Waals surface area contributed by atoms with E-state index in [9.17, 15) is 14.4 Å². The van der Waals surface area contributed by atoms with Crippen LogP contribution in [0.25, 0.3) is 0 Å². The Kier molecular flexibility index (Phi) is 7.82. The number of benzene rings is 1. The molecule has 158 valence electrons. The van der Waals surface area contributed by atoms with Crippen molar-refractivity contribution in [3.8, 4) is 5.75 Å². The van der Waals surface area contributed by atoms with Gasteiger partial charge in [-0.05, 0) is 44.9 Å². The van der Waals surface area contributed by atoms with Crippen molar-refractivity contribution in [2.45, 2.75) is 51.7 Å². The number of carbonyl (C=O) groups is 3. The first-order chi connectivity index (χ1) is 13.7. The molecule has 2 heterocycles. The average molecular weight is 403 g/mol. The lowest BCUT2D eigenvalue weighted by molar-refractivity contribution is -0.157. The minimum atomic E-state index is -0.854. The Hall–Kier alpha value is -2.83. The van der Waals surface area contributed by atoms with Gasteiger partial charge in [-0.3, -0.25) is 9.59 Å². The van der Waals surface area contributed by atoms with Gasteiger partial charge in [0.05, 0.1) is 19.4 Å². The maximum Gasteiger partial charge on any atom is 0.328 e. The number of esters is 2. The van der Waals surface area contributed by atoms with Crippen molar-refractivity contribution in [3.63, 3.8) is 0 Å². The molecule has 7 nitrogen and oxygen atoms in total. The van der Waals surface area contributed by atoms with E-state index in [2.05, 4.69) is 5.32 Å². The number of fused-ring (bicyclic) bond motifs is 10. The second kappa shape index (κ2) is 10.1. The van der Waals surface area contributed by atoms with Gasteiger partial charge in [-0.25, -0.2) is 4.79 Å². The zero-order valence-corrected chi connectivity index (χ0v) is 17.4. The number of hydrogen-bond acceptors (Lipinski definition) is 6. The van der Waals surface area contributed by atoms with E-state index in [1.807, 2.05) is 24.3 Å². The number of nitrogens with one attached hydrogen (secondary N) is 1. The number of methoxy groups -OCH3 is 1. The fourth-order valence-corrected chi connectivity index (χ4v) is 2.92. The van der Waals surface area contributed by atoms with Crippen LogP contribution in [0.2, 0.25) is 0 Å². The smallest absolute Gasteiger partial charge is 0.328 e. The molecule has 7 heteroatoms. The molecular weight excluding hydrogens is 374 g/mol. The third kappa shape index (κ3) is 7.60. The molecule has 1 amide bonds. The summed E-state index contributed by atoms with van der Waals surface area (Å²) in [5, 5.41) is 2.74. The molecule has 2 aliphatic heterocycles. The summed E-state index contributed by atoms with van der Waals surface area (Å²) in [4.78, 5) is 37.3. The van der Waals surface area contributed by atoms with Gasteiger partial charge in [0.2, 0.25) is 5.91 Å². The first-order valence-corrected chi connectivity index (χ1v) is 9.64. The fraction of sp³-hybridized carbons (Fsp3) is 0.500. The summed E-state index contributed by atoms with van der Waals surface area (Å²) in [5.74, 6) is -1.37. The second-order valence-corrected chi connectivity index (χ2v) is 7.94. The van der Waals surface area contributed by atoms with Crippen molar-refractivity contribution in [2.75, 3.05) is 13.7 Å². The van der Waals surface area contributed by atoms with Crippen LogP contribution in [0.4, 0.5) is 0 Å². The highest BCUT2D eigenvalue weighted by Crippen LogP contribution is 2.18. The summed E-state index contributed by atoms with van der Waals surface area (Å²) in [6, 6.07) is 6.45. The predicted molar refractivity (Wildman–Crippen MR) is 107 cm³/mol. The normalized spacial score (nSPS) is 21.3. The third-order valence-electron chi connectivity index (χ3n) is 4.30. The van der Waals surface area contributed by atoms with Gasteiger partial charge in [0.25, 0.3) is 0 Å². The molecule has 0 aliphatic carbocycles. The van der Waals surface area contributed by atoms with E-state index in [-0.39, 0.29) is 12.8 Å². The molecule has 1 N–H and O–H groups in total. The highest BCUT2D eigenvalue weighted by Gasteiger charge is 2.29. The molecular formula is C22H29NO6. The lowest BCUT2D eigenvalue weighted by atomic mass is 9.98. The fourth-order valence-electron chi connectivity index (χ4n) is 2.92. The van der Waals surface area contributed by atoms with Crippen LogP contribution in [-0.4, -0.2) is 43.2 Å². The maximum atomic E-state index is 12.9. The van der Waals surface area contributed by atoms with Gasteiger partial charge in [0, 0.05) is 6.42 Å². The summed E-state index contributed by atoms with van der Waals surface area (Å²) >= 11 is 0. The largest absolute Gasteiger partial charge is 0.490 e. The van der Waals surface area contributed by atoms with Gasteiger partial charge in [0.1, 0.15) is 24.0 Å². The van der Waals surface area contributed by atoms with Crippen LogP contribution in [0, 0.1) is 5.92 Å². The molecule has 0 fully saturated rings. The number of allylic oxidation sites excluding steroid dienone is 1. The maximum absolute atomic E-state index is 12.9. The van der Waals surface area contributed by atoms with E-state index in [4.69, 9.17) is 14.2 Å². The molecule has 0 saturated heterocycles. The van der Waals surface area contributed by atoms with Gasteiger partial charge >= 0.3 is 11.9 Å². The average Bonchev–Trinajstić information content (AvgIpc) is 2.64. The summed E-state index contributed by atoms with van der Waals surface area (Å²) < 4.78 is 15.8. The van der Waals surface area contributed by atoms with Gasteiger partial charge in [-0.2, -0.15) is 0 Å². The number of amides is 1. The van der Waals surface area contributed by atoms with Crippen molar-refractivity contribution in [1.29, 1.82) is 0 Å². The molecule has 1 aromatic rings. The number of carbonyl (C=O) groups excluding carboxylic acids is 3. The molecule has 29 heavy (non-hydrogen) atoms. The van der Waals surface area contributed by atoms with Gasteiger partial charge < -0.3 is 19.5 Å². The van der Waals surface area contributed by atoms with E-state index >= 15 is 0 Å². The SMILES string of the molecule is COC(=O)[C@H]1Cc2ccc(cc2)OC/C=C/CC(CC(=O)OC(C)(C)C)C(=O)N1. The van der Waals surface area contributed by atoms with Crippen molar-refractivity contribution < 1.29 is 28.6 Å². The van der Waals surface area contributed by atoms with Crippen molar-refractivity contribution >= 4 is 17.8 Å². The molecule has 2 bridgehead atoms. The van der Waals surface area contributed by atoms with Crippen LogP contribution in [0.5, 0.6) is 5.75 Å². The van der Waals surface area contributed by atoms with Crippen LogP contribution in [-0.2, 0) is 30.3 Å². The van der Waals surface area contributed by atoms with E-state index in [1.165, 1.54) is 7.11 Å². The molecule has 0 saturated carbocycles. The number of rotatable bonds is 3. The minimum absolute atomic E-state index is 0.0874. The first kappa shape index (κ1) is 22.5. The Bertz CT molecular complexity index is 748. The van der Waals surface area contributed by atoms with Crippen molar-refractivity contribution in [1.82, 2.24) is 5.32 Å². The van der Waals surface area contributed by atoms with Crippen LogP contribution >= 0.6 is 0 Å². The van der Waals surface area contributed by atoms with E-state index < -0.39 is 35.4 Å². The first-order valence-electron chi connectivity index (χ1n) is 9.64. The van der Waals surface area contributed by atoms with Gasteiger partial charge in [-0.15, -0.1) is 0 Å². The molecule has 3 rings (SSSR count). The molecule has 2 aliphatic rings. The Labute approximate surface area is 171 Å². The number of hydrogen-bond donors (Lipinski definition) is 1. The Morgan fingerprint density at radius 3 is 2.48 bits per heavy atom. The van der Waals surface area contributed by atoms with Crippen LogP contribution in [0.1, 0.15) is 39.2 Å². The van der Waals surface area contributed by atoms with E-state index in [0.29, 0.717) is 18.8 Å². The highest BCUT2D eigenvalue weighted by molar-refractivity contribution is 5.88. The summed E-state index contributed by atoms with van der Waals surface area (Å²) in [6.45, 7) is 5.67. The van der Waals surface area contributed by atoms with Gasteiger partial charge in [0.15, 0.2) is 0 Å². The minimum Gasteiger partial charge on any atom is -0.490 e. The summed E-state index contributed by atoms with van der Waals surface area (Å²) in [6.07, 6.45) is 4.10. The molecule has 0 spiro atoms. The monoisotopic (exact) mass is 403 g/mol. The quantitative estimate of drug-likeness (QED) is 0.616. The van der Waals surface area contributed by atoms with Gasteiger partial charge in [-0.1, -0.05) is 24.3 Å². The lowest BCUT2D eigenvalue weighted by Crippen LogP contribution is -2.46. The predicted octanol–water partition coefficient (Wildman–Crippen LogP) is 2.57. The highest BCUT2D eigenvalue weighted by atomic mass is 16.6. The van der Waals surface area contributed by atoms with Crippen molar-refractivity contribution in [2.24, 2.45) is 5.92 Å². The molecule has 2 atom stereocenters. The molecule has 1 aromatic carbocycles.